The molecule has 17 heteroatoms. The number of ether oxygens (including phenoxy) is 9. The first kappa shape index (κ1) is 40.3. The molecule has 0 amide bonds. The second-order valence-corrected chi connectivity index (χ2v) is 12.0. The van der Waals surface area contributed by atoms with Gasteiger partial charge in [-0.05, 0) is 54.8 Å². The molecule has 2 aromatic rings. The van der Waals surface area contributed by atoms with Crippen molar-refractivity contribution >= 4 is 24.0 Å². The maximum Gasteiger partial charge on any atom is 0.331 e. The standard InChI is InChI=1S/C35H44O17/c1-17-28(42)31(48-18(2)37)33(49-19(3)38)35(47-17)52-32-29(43)34(46-13-12-21-7-10-25(45-5)23(40)15-21)50-26(16-36)30(32)51-27(41)11-8-20-6-9-24(44-4)22(39)14-20/h6-11,14-15,17,26,28-36,39-40,42-43H,12-13,16H2,1-5H3/t17-,26+,28-,29+,30+,31+,32+,33+,34+,35-/m0/s1. The van der Waals surface area contributed by atoms with E-state index in [0.717, 1.165) is 19.9 Å². The summed E-state index contributed by atoms with van der Waals surface area (Å²) in [6.07, 6.45) is -12.3. The van der Waals surface area contributed by atoms with Crippen LogP contribution in [0.2, 0.25) is 0 Å². The molecule has 0 unspecified atom stereocenters. The summed E-state index contributed by atoms with van der Waals surface area (Å²) in [5.74, 6) is -2.39. The Bertz CT molecular complexity index is 1560. The number of phenols is 2. The van der Waals surface area contributed by atoms with Crippen LogP contribution in [0.3, 0.4) is 0 Å². The predicted octanol–water partition coefficient (Wildman–Crippen LogP) is 0.732. The number of aromatic hydroxyl groups is 2. The highest BCUT2D eigenvalue weighted by molar-refractivity contribution is 5.87. The number of aliphatic hydroxyl groups excluding tert-OH is 3. The Balaban J connectivity index is 1.61. The van der Waals surface area contributed by atoms with Gasteiger partial charge in [-0.3, -0.25) is 9.59 Å². The van der Waals surface area contributed by atoms with Gasteiger partial charge in [0, 0.05) is 19.9 Å². The zero-order valence-electron chi connectivity index (χ0n) is 29.1. The van der Waals surface area contributed by atoms with Gasteiger partial charge in [-0.2, -0.15) is 0 Å². The zero-order chi connectivity index (χ0) is 38.1. The molecule has 2 fully saturated rings. The average Bonchev–Trinajstić information content (AvgIpc) is 3.09. The first-order valence-corrected chi connectivity index (χ1v) is 16.3. The Hall–Kier alpha value is -4.49. The van der Waals surface area contributed by atoms with Crippen molar-refractivity contribution in [2.45, 2.75) is 88.6 Å². The van der Waals surface area contributed by atoms with Crippen LogP contribution < -0.4 is 9.47 Å². The summed E-state index contributed by atoms with van der Waals surface area (Å²) < 4.78 is 50.0. The number of carbonyl (C=O) groups is 3. The average molecular weight is 737 g/mol. The second-order valence-electron chi connectivity index (χ2n) is 12.0. The minimum absolute atomic E-state index is 0.0615. The van der Waals surface area contributed by atoms with Crippen molar-refractivity contribution in [2.24, 2.45) is 0 Å². The van der Waals surface area contributed by atoms with Gasteiger partial charge in [-0.1, -0.05) is 12.1 Å². The third kappa shape index (κ3) is 10.1. The molecule has 2 saturated heterocycles. The Labute approximate surface area is 299 Å². The summed E-state index contributed by atoms with van der Waals surface area (Å²) in [7, 11) is 2.79. The Kier molecular flexibility index (Phi) is 14.2. The lowest BCUT2D eigenvalue weighted by atomic mass is 9.96. The van der Waals surface area contributed by atoms with E-state index in [0.29, 0.717) is 11.1 Å². The molecule has 5 N–H and O–H groups in total. The predicted molar refractivity (Wildman–Crippen MR) is 176 cm³/mol. The lowest BCUT2D eigenvalue weighted by molar-refractivity contribution is -0.358. The molecule has 4 rings (SSSR count). The van der Waals surface area contributed by atoms with E-state index in [-0.39, 0.29) is 36.0 Å². The topological polar surface area (TPSA) is 235 Å². The van der Waals surface area contributed by atoms with Crippen molar-refractivity contribution < 1.29 is 82.5 Å². The molecular formula is C35H44O17. The minimum atomic E-state index is -1.75. The van der Waals surface area contributed by atoms with Crippen LogP contribution >= 0.6 is 0 Å². The fourth-order valence-electron chi connectivity index (χ4n) is 5.70. The van der Waals surface area contributed by atoms with Crippen molar-refractivity contribution in [1.82, 2.24) is 0 Å². The molecule has 2 aromatic carbocycles. The number of esters is 3. The van der Waals surface area contributed by atoms with Crippen LogP contribution in [-0.2, 0) is 54.0 Å². The van der Waals surface area contributed by atoms with Gasteiger partial charge in [-0.15, -0.1) is 0 Å². The number of benzene rings is 2. The normalized spacial score (nSPS) is 28.9. The van der Waals surface area contributed by atoms with E-state index in [1.807, 2.05) is 0 Å². The molecule has 286 valence electrons. The first-order valence-electron chi connectivity index (χ1n) is 16.3. The van der Waals surface area contributed by atoms with Crippen LogP contribution in [0.1, 0.15) is 31.9 Å². The molecule has 2 aliphatic heterocycles. The molecule has 0 aromatic heterocycles. The molecule has 0 bridgehead atoms. The lowest BCUT2D eigenvalue weighted by Crippen LogP contribution is -2.65. The van der Waals surface area contributed by atoms with Crippen molar-refractivity contribution in [3.05, 3.63) is 53.6 Å². The first-order chi connectivity index (χ1) is 24.8. The minimum Gasteiger partial charge on any atom is -0.504 e. The number of hydrogen-bond donors (Lipinski definition) is 5. The number of hydrogen-bond acceptors (Lipinski definition) is 17. The highest BCUT2D eigenvalue weighted by atomic mass is 16.8. The van der Waals surface area contributed by atoms with E-state index in [2.05, 4.69) is 0 Å². The zero-order valence-corrected chi connectivity index (χ0v) is 29.1. The molecule has 0 aliphatic carbocycles. The van der Waals surface area contributed by atoms with Crippen LogP contribution in [0.4, 0.5) is 0 Å². The molecule has 10 atom stereocenters. The van der Waals surface area contributed by atoms with E-state index < -0.39 is 85.9 Å². The van der Waals surface area contributed by atoms with Crippen molar-refractivity contribution in [1.29, 1.82) is 0 Å². The smallest absolute Gasteiger partial charge is 0.331 e. The monoisotopic (exact) mass is 736 g/mol. The highest BCUT2D eigenvalue weighted by Gasteiger charge is 2.54. The Morgan fingerprint density at radius 3 is 2.02 bits per heavy atom. The molecule has 2 aliphatic rings. The number of methoxy groups -OCH3 is 2. The van der Waals surface area contributed by atoms with Gasteiger partial charge in [0.25, 0.3) is 0 Å². The Morgan fingerprint density at radius 1 is 0.788 bits per heavy atom. The van der Waals surface area contributed by atoms with Crippen molar-refractivity contribution in [3.8, 4) is 23.0 Å². The largest absolute Gasteiger partial charge is 0.504 e. The van der Waals surface area contributed by atoms with Crippen LogP contribution in [0.25, 0.3) is 6.08 Å². The van der Waals surface area contributed by atoms with E-state index in [1.54, 1.807) is 18.2 Å². The van der Waals surface area contributed by atoms with Gasteiger partial charge in [0.15, 0.2) is 53.9 Å². The molecule has 0 saturated carbocycles. The second kappa shape index (κ2) is 18.3. The number of carbonyl (C=O) groups excluding carboxylic acids is 3. The van der Waals surface area contributed by atoms with Crippen LogP contribution in [-0.4, -0.2) is 132 Å². The van der Waals surface area contributed by atoms with Gasteiger partial charge in [0.05, 0.1) is 33.5 Å². The van der Waals surface area contributed by atoms with Crippen LogP contribution in [0.15, 0.2) is 42.5 Å². The Morgan fingerprint density at radius 2 is 1.42 bits per heavy atom. The fourth-order valence-corrected chi connectivity index (χ4v) is 5.70. The van der Waals surface area contributed by atoms with Gasteiger partial charge in [-0.25, -0.2) is 4.79 Å². The van der Waals surface area contributed by atoms with E-state index >= 15 is 0 Å². The lowest BCUT2D eigenvalue weighted by Gasteiger charge is -2.47. The summed E-state index contributed by atoms with van der Waals surface area (Å²) in [6, 6.07) is 9.14. The van der Waals surface area contributed by atoms with Crippen molar-refractivity contribution in [3.63, 3.8) is 0 Å². The van der Waals surface area contributed by atoms with Crippen LogP contribution in [0, 0.1) is 0 Å². The number of phenolic OH excluding ortho intramolecular Hbond substituents is 2. The van der Waals surface area contributed by atoms with E-state index in [9.17, 15) is 39.9 Å². The van der Waals surface area contributed by atoms with E-state index in [1.165, 1.54) is 45.4 Å². The maximum atomic E-state index is 13.1. The maximum absolute atomic E-state index is 13.1. The van der Waals surface area contributed by atoms with Crippen LogP contribution in [0.5, 0.6) is 23.0 Å². The third-order valence-electron chi connectivity index (χ3n) is 8.23. The molecule has 0 spiro atoms. The van der Waals surface area contributed by atoms with Crippen molar-refractivity contribution in [2.75, 3.05) is 27.4 Å². The summed E-state index contributed by atoms with van der Waals surface area (Å²) in [4.78, 5) is 37.2. The van der Waals surface area contributed by atoms with Gasteiger partial charge in [0.1, 0.15) is 24.4 Å². The number of rotatable bonds is 14. The molecule has 0 radical (unpaired) electrons. The number of aliphatic hydroxyl groups is 3. The van der Waals surface area contributed by atoms with Gasteiger partial charge >= 0.3 is 17.9 Å². The SMILES string of the molecule is COc1ccc(C=CC(=O)O[C@H]2[C@H](O[C@@H]3O[C@@H](C)[C@H](O)[C@@H](OC(C)=O)[C@H]3OC(C)=O)[C@@H](O)[C@H](OCCc3ccc(OC)c(O)c3)O[C@@H]2CO)cc1O. The molecule has 52 heavy (non-hydrogen) atoms. The molecular weight excluding hydrogens is 692 g/mol. The third-order valence-corrected chi connectivity index (χ3v) is 8.23. The quantitative estimate of drug-likeness (QED) is 0.102. The summed E-state index contributed by atoms with van der Waals surface area (Å²) >= 11 is 0. The van der Waals surface area contributed by atoms with Gasteiger partial charge in [0.2, 0.25) is 0 Å². The van der Waals surface area contributed by atoms with Gasteiger partial charge < -0.3 is 68.2 Å². The van der Waals surface area contributed by atoms with E-state index in [4.69, 9.17) is 42.6 Å². The summed E-state index contributed by atoms with van der Waals surface area (Å²) in [5, 5.41) is 53.0. The summed E-state index contributed by atoms with van der Waals surface area (Å²) in [6.45, 7) is 2.79. The molecule has 17 nitrogen and oxygen atoms in total. The highest BCUT2D eigenvalue weighted by Crippen LogP contribution is 2.34. The molecule has 2 heterocycles. The fraction of sp³-hybridized carbons (Fsp3) is 0.514. The summed E-state index contributed by atoms with van der Waals surface area (Å²) in [5.41, 5.74) is 1.06.